The Balaban J connectivity index is 1.72. The summed E-state index contributed by atoms with van der Waals surface area (Å²) in [6.45, 7) is 1.02. The summed E-state index contributed by atoms with van der Waals surface area (Å²) in [5.41, 5.74) is 3.05. The summed E-state index contributed by atoms with van der Waals surface area (Å²) in [4.78, 5) is 0. The zero-order valence-corrected chi connectivity index (χ0v) is 17.7. The SMILES string of the molecule is COc1cc(CNc2ccccc2)c(Br)cc1OCc1ccc(Cl)c(Cl)c1. The van der Waals surface area contributed by atoms with Gasteiger partial charge in [-0.25, -0.2) is 0 Å². The smallest absolute Gasteiger partial charge is 0.162 e. The molecule has 0 unspecified atom stereocenters. The van der Waals surface area contributed by atoms with E-state index in [1.807, 2.05) is 48.5 Å². The van der Waals surface area contributed by atoms with E-state index in [1.165, 1.54) is 0 Å². The monoisotopic (exact) mass is 465 g/mol. The first-order valence-electron chi connectivity index (χ1n) is 8.29. The van der Waals surface area contributed by atoms with Gasteiger partial charge in [0.2, 0.25) is 0 Å². The standard InChI is InChI=1S/C21H18BrCl2NO2/c1-26-20-10-15(12-25-16-5-3-2-4-6-16)17(22)11-21(20)27-13-14-7-8-18(23)19(24)9-14/h2-11,25H,12-13H2,1H3. The second-order valence-electron chi connectivity index (χ2n) is 5.85. The van der Waals surface area contributed by atoms with Gasteiger partial charge < -0.3 is 14.8 Å². The van der Waals surface area contributed by atoms with Gasteiger partial charge in [0.05, 0.1) is 17.2 Å². The van der Waals surface area contributed by atoms with Crippen LogP contribution in [0.5, 0.6) is 11.5 Å². The normalized spacial score (nSPS) is 10.5. The van der Waals surface area contributed by atoms with Gasteiger partial charge in [-0.1, -0.05) is 63.4 Å². The molecule has 140 valence electrons. The van der Waals surface area contributed by atoms with E-state index in [0.717, 1.165) is 21.3 Å². The summed E-state index contributed by atoms with van der Waals surface area (Å²) in [5.74, 6) is 1.32. The van der Waals surface area contributed by atoms with Crippen molar-refractivity contribution in [2.24, 2.45) is 0 Å². The molecule has 3 aromatic carbocycles. The van der Waals surface area contributed by atoms with Gasteiger partial charge in [-0.2, -0.15) is 0 Å². The summed E-state index contributed by atoms with van der Waals surface area (Å²) in [5, 5.41) is 4.42. The fraction of sp³-hybridized carbons (Fsp3) is 0.143. The van der Waals surface area contributed by atoms with Crippen LogP contribution in [-0.4, -0.2) is 7.11 Å². The molecule has 0 atom stereocenters. The highest BCUT2D eigenvalue weighted by Gasteiger charge is 2.11. The van der Waals surface area contributed by atoms with Gasteiger partial charge in [-0.05, 0) is 47.5 Å². The molecule has 0 aromatic heterocycles. The molecule has 0 saturated heterocycles. The van der Waals surface area contributed by atoms with Crippen molar-refractivity contribution >= 4 is 44.8 Å². The lowest BCUT2D eigenvalue weighted by Gasteiger charge is -2.15. The van der Waals surface area contributed by atoms with E-state index in [-0.39, 0.29) is 0 Å². The van der Waals surface area contributed by atoms with Gasteiger partial charge in [-0.15, -0.1) is 0 Å². The maximum absolute atomic E-state index is 6.06. The van der Waals surface area contributed by atoms with Crippen molar-refractivity contribution in [1.29, 1.82) is 0 Å². The average Bonchev–Trinajstić information content (AvgIpc) is 2.69. The Morgan fingerprint density at radius 3 is 2.41 bits per heavy atom. The van der Waals surface area contributed by atoms with Crippen molar-refractivity contribution in [3.05, 3.63) is 86.3 Å². The molecule has 3 aromatic rings. The van der Waals surface area contributed by atoms with Crippen LogP contribution in [0.25, 0.3) is 0 Å². The number of rotatable bonds is 7. The van der Waals surface area contributed by atoms with Gasteiger partial charge in [0.25, 0.3) is 0 Å². The van der Waals surface area contributed by atoms with E-state index in [1.54, 1.807) is 19.2 Å². The van der Waals surface area contributed by atoms with Crippen LogP contribution in [-0.2, 0) is 13.2 Å². The zero-order valence-electron chi connectivity index (χ0n) is 14.6. The van der Waals surface area contributed by atoms with E-state index in [4.69, 9.17) is 32.7 Å². The molecule has 1 N–H and O–H groups in total. The molecule has 0 aliphatic heterocycles. The predicted molar refractivity (Wildman–Crippen MR) is 115 cm³/mol. The number of hydrogen-bond donors (Lipinski definition) is 1. The molecule has 0 radical (unpaired) electrons. The van der Waals surface area contributed by atoms with Crippen molar-refractivity contribution in [1.82, 2.24) is 0 Å². The second-order valence-corrected chi connectivity index (χ2v) is 7.52. The largest absolute Gasteiger partial charge is 0.493 e. The lowest BCUT2D eigenvalue weighted by atomic mass is 10.2. The second kappa shape index (κ2) is 9.36. The first kappa shape index (κ1) is 19.9. The number of halogens is 3. The minimum absolute atomic E-state index is 0.362. The van der Waals surface area contributed by atoms with Crippen molar-refractivity contribution in [2.45, 2.75) is 13.2 Å². The summed E-state index contributed by atoms with van der Waals surface area (Å²) in [6.07, 6.45) is 0. The molecule has 0 bridgehead atoms. The quantitative estimate of drug-likeness (QED) is 0.408. The van der Waals surface area contributed by atoms with Gasteiger partial charge >= 0.3 is 0 Å². The highest BCUT2D eigenvalue weighted by molar-refractivity contribution is 9.10. The lowest BCUT2D eigenvalue weighted by Crippen LogP contribution is -2.03. The van der Waals surface area contributed by atoms with Crippen LogP contribution in [0, 0.1) is 0 Å². The van der Waals surface area contributed by atoms with Gasteiger partial charge in [0.15, 0.2) is 11.5 Å². The first-order chi connectivity index (χ1) is 13.1. The number of ether oxygens (including phenoxy) is 2. The molecule has 0 spiro atoms. The minimum atomic E-state index is 0.362. The fourth-order valence-corrected chi connectivity index (χ4v) is 3.31. The topological polar surface area (TPSA) is 30.5 Å². The van der Waals surface area contributed by atoms with Gasteiger partial charge in [-0.3, -0.25) is 0 Å². The Hall–Kier alpha value is -1.88. The van der Waals surface area contributed by atoms with Crippen LogP contribution in [0.15, 0.2) is 65.1 Å². The number of para-hydroxylation sites is 1. The predicted octanol–water partition coefficient (Wildman–Crippen LogP) is 6.96. The summed E-state index contributed by atoms with van der Waals surface area (Å²) in [7, 11) is 1.63. The van der Waals surface area contributed by atoms with Crippen LogP contribution in [0.1, 0.15) is 11.1 Å². The Bertz CT molecular complexity index is 920. The molecule has 0 amide bonds. The molecule has 3 rings (SSSR count). The van der Waals surface area contributed by atoms with Crippen LogP contribution in [0.2, 0.25) is 10.0 Å². The van der Waals surface area contributed by atoms with Gasteiger partial charge in [0, 0.05) is 16.7 Å². The average molecular weight is 467 g/mol. The first-order valence-corrected chi connectivity index (χ1v) is 9.84. The molecule has 0 saturated carbocycles. The van der Waals surface area contributed by atoms with Crippen LogP contribution >= 0.6 is 39.1 Å². The highest BCUT2D eigenvalue weighted by atomic mass is 79.9. The molecule has 0 heterocycles. The molecular formula is C21H18BrCl2NO2. The molecule has 3 nitrogen and oxygen atoms in total. The van der Waals surface area contributed by atoms with Crippen molar-refractivity contribution in [3.8, 4) is 11.5 Å². The molecule has 0 fully saturated rings. The number of nitrogens with one attached hydrogen (secondary N) is 1. The minimum Gasteiger partial charge on any atom is -0.493 e. The summed E-state index contributed by atoms with van der Waals surface area (Å²) >= 11 is 15.6. The third-order valence-electron chi connectivity index (χ3n) is 3.97. The number of benzene rings is 3. The molecule has 6 heteroatoms. The van der Waals surface area contributed by atoms with Crippen molar-refractivity contribution in [2.75, 3.05) is 12.4 Å². The molecule has 27 heavy (non-hydrogen) atoms. The molecular weight excluding hydrogens is 449 g/mol. The van der Waals surface area contributed by atoms with Gasteiger partial charge in [0.1, 0.15) is 6.61 Å². The third kappa shape index (κ3) is 5.32. The Morgan fingerprint density at radius 2 is 1.70 bits per heavy atom. The zero-order chi connectivity index (χ0) is 19.2. The maximum atomic E-state index is 6.06. The summed E-state index contributed by atoms with van der Waals surface area (Å²) < 4.78 is 12.4. The molecule has 0 aliphatic carbocycles. The maximum Gasteiger partial charge on any atom is 0.162 e. The summed E-state index contributed by atoms with van der Waals surface area (Å²) in [6, 6.07) is 19.4. The Kier molecular flexibility index (Phi) is 6.89. The van der Waals surface area contributed by atoms with Crippen LogP contribution in [0.4, 0.5) is 5.69 Å². The Labute approximate surface area is 177 Å². The molecule has 0 aliphatic rings. The number of hydrogen-bond acceptors (Lipinski definition) is 3. The lowest BCUT2D eigenvalue weighted by molar-refractivity contribution is 0.284. The van der Waals surface area contributed by atoms with E-state index in [0.29, 0.717) is 34.7 Å². The number of anilines is 1. The van der Waals surface area contributed by atoms with E-state index in [2.05, 4.69) is 21.2 Å². The van der Waals surface area contributed by atoms with Crippen molar-refractivity contribution < 1.29 is 9.47 Å². The van der Waals surface area contributed by atoms with Crippen LogP contribution < -0.4 is 14.8 Å². The van der Waals surface area contributed by atoms with Crippen LogP contribution in [0.3, 0.4) is 0 Å². The Morgan fingerprint density at radius 1 is 0.926 bits per heavy atom. The highest BCUT2D eigenvalue weighted by Crippen LogP contribution is 2.35. The van der Waals surface area contributed by atoms with Crippen molar-refractivity contribution in [3.63, 3.8) is 0 Å². The van der Waals surface area contributed by atoms with E-state index < -0.39 is 0 Å². The number of methoxy groups -OCH3 is 1. The van der Waals surface area contributed by atoms with E-state index >= 15 is 0 Å². The fourth-order valence-electron chi connectivity index (χ4n) is 2.53. The van der Waals surface area contributed by atoms with E-state index in [9.17, 15) is 0 Å². The third-order valence-corrected chi connectivity index (χ3v) is 5.45.